The van der Waals surface area contributed by atoms with Crippen LogP contribution in [0.25, 0.3) is 11.4 Å². The van der Waals surface area contributed by atoms with E-state index in [-0.39, 0.29) is 17.6 Å². The van der Waals surface area contributed by atoms with E-state index in [0.717, 1.165) is 17.1 Å². The Morgan fingerprint density at radius 1 is 0.967 bits per heavy atom. The number of carbonyl (C=O) groups is 1. The number of Topliss-reactive ketones (excluding diaryl/α,β-unsaturated/α-hetero) is 1. The van der Waals surface area contributed by atoms with Crippen molar-refractivity contribution in [3.05, 3.63) is 48.0 Å². The molecule has 0 spiro atoms. The fourth-order valence-corrected chi connectivity index (χ4v) is 3.96. The molecule has 30 heavy (non-hydrogen) atoms. The molecular weight excluding hydrogens is 402 g/mol. The van der Waals surface area contributed by atoms with E-state index in [4.69, 9.17) is 14.2 Å². The number of rotatable bonds is 9. The normalized spacial score (nSPS) is 10.9. The smallest absolute Gasteiger partial charge is 0.192 e. The topological polar surface area (TPSA) is 75.5 Å². The number of hydrogen-bond acceptors (Lipinski definition) is 7. The monoisotopic (exact) mass is 427 g/mol. The van der Waals surface area contributed by atoms with Crippen LogP contribution in [0.3, 0.4) is 0 Å². The maximum atomic E-state index is 12.7. The van der Waals surface area contributed by atoms with Crippen molar-refractivity contribution < 1.29 is 19.0 Å². The number of nitrogens with zero attached hydrogens (tertiary/aromatic N) is 3. The van der Waals surface area contributed by atoms with Gasteiger partial charge in [0.25, 0.3) is 0 Å². The number of ketones is 1. The van der Waals surface area contributed by atoms with E-state index in [1.54, 1.807) is 39.5 Å². The molecule has 3 rings (SSSR count). The number of methoxy groups -OCH3 is 3. The van der Waals surface area contributed by atoms with E-state index < -0.39 is 0 Å². The van der Waals surface area contributed by atoms with Crippen LogP contribution < -0.4 is 14.2 Å². The average molecular weight is 428 g/mol. The Morgan fingerprint density at radius 2 is 1.67 bits per heavy atom. The molecule has 0 unspecified atom stereocenters. The third kappa shape index (κ3) is 4.59. The molecule has 0 aliphatic rings. The quantitative estimate of drug-likeness (QED) is 0.367. The van der Waals surface area contributed by atoms with E-state index >= 15 is 0 Å². The molecule has 158 valence electrons. The van der Waals surface area contributed by atoms with E-state index in [1.807, 2.05) is 28.8 Å². The van der Waals surface area contributed by atoms with Gasteiger partial charge in [-0.15, -0.1) is 10.2 Å². The average Bonchev–Trinajstić information content (AvgIpc) is 3.21. The molecule has 0 saturated carbocycles. The Hall–Kier alpha value is -3.00. The predicted molar refractivity (Wildman–Crippen MR) is 117 cm³/mol. The summed E-state index contributed by atoms with van der Waals surface area (Å²) in [7, 11) is 4.75. The molecule has 0 N–H and O–H groups in total. The number of aromatic nitrogens is 3. The minimum Gasteiger partial charge on any atom is -0.497 e. The molecule has 7 nitrogen and oxygen atoms in total. The molecule has 3 aromatic rings. The predicted octanol–water partition coefficient (Wildman–Crippen LogP) is 4.53. The molecule has 2 aromatic carbocycles. The largest absolute Gasteiger partial charge is 0.497 e. The van der Waals surface area contributed by atoms with Gasteiger partial charge in [-0.1, -0.05) is 11.8 Å². The van der Waals surface area contributed by atoms with Crippen molar-refractivity contribution in [1.29, 1.82) is 0 Å². The summed E-state index contributed by atoms with van der Waals surface area (Å²) >= 11 is 1.37. The Bertz CT molecular complexity index is 1020. The van der Waals surface area contributed by atoms with Crippen LogP contribution in [0, 0.1) is 0 Å². The number of hydrogen-bond donors (Lipinski definition) is 0. The fraction of sp³-hybridized carbons (Fsp3) is 0.318. The molecule has 0 fully saturated rings. The lowest BCUT2D eigenvalue weighted by Gasteiger charge is -2.14. The second-order valence-corrected chi connectivity index (χ2v) is 7.72. The maximum absolute atomic E-state index is 12.7. The summed E-state index contributed by atoms with van der Waals surface area (Å²) in [5, 5.41) is 9.40. The molecule has 0 atom stereocenters. The summed E-state index contributed by atoms with van der Waals surface area (Å²) < 4.78 is 17.8. The molecule has 0 bridgehead atoms. The molecule has 0 aliphatic carbocycles. The summed E-state index contributed by atoms with van der Waals surface area (Å²) in [5.74, 6) is 2.87. The zero-order valence-corrected chi connectivity index (χ0v) is 18.5. The Balaban J connectivity index is 1.80. The van der Waals surface area contributed by atoms with Crippen LogP contribution in [0.4, 0.5) is 0 Å². The minimum atomic E-state index is -0.0229. The Morgan fingerprint density at radius 3 is 2.27 bits per heavy atom. The summed E-state index contributed by atoms with van der Waals surface area (Å²) in [5.41, 5.74) is 1.50. The first-order valence-electron chi connectivity index (χ1n) is 9.45. The van der Waals surface area contributed by atoms with Crippen molar-refractivity contribution in [1.82, 2.24) is 14.8 Å². The van der Waals surface area contributed by atoms with Gasteiger partial charge in [0, 0.05) is 17.2 Å². The molecule has 0 radical (unpaired) electrons. The molecule has 1 aromatic heterocycles. The van der Waals surface area contributed by atoms with Crippen LogP contribution in [0.5, 0.6) is 17.2 Å². The molecule has 0 aliphatic heterocycles. The van der Waals surface area contributed by atoms with Crippen molar-refractivity contribution >= 4 is 17.5 Å². The first kappa shape index (κ1) is 21.7. The van der Waals surface area contributed by atoms with E-state index in [0.29, 0.717) is 22.2 Å². The van der Waals surface area contributed by atoms with Crippen LogP contribution in [0.15, 0.2) is 47.6 Å². The van der Waals surface area contributed by atoms with E-state index in [9.17, 15) is 4.79 Å². The first-order chi connectivity index (χ1) is 14.5. The molecular formula is C22H25N3O4S. The zero-order valence-electron chi connectivity index (χ0n) is 17.7. The lowest BCUT2D eigenvalue weighted by atomic mass is 10.1. The van der Waals surface area contributed by atoms with Crippen molar-refractivity contribution in [3.63, 3.8) is 0 Å². The number of thioether (sulfide) groups is 1. The van der Waals surface area contributed by atoms with Gasteiger partial charge in [0.15, 0.2) is 28.3 Å². The molecule has 0 saturated heterocycles. The van der Waals surface area contributed by atoms with E-state index in [1.165, 1.54) is 11.8 Å². The van der Waals surface area contributed by atoms with Gasteiger partial charge in [0.05, 0.1) is 27.1 Å². The van der Waals surface area contributed by atoms with Crippen LogP contribution in [-0.4, -0.2) is 47.6 Å². The third-order valence-electron chi connectivity index (χ3n) is 4.57. The van der Waals surface area contributed by atoms with Gasteiger partial charge >= 0.3 is 0 Å². The van der Waals surface area contributed by atoms with Gasteiger partial charge in [0.2, 0.25) is 0 Å². The third-order valence-corrected chi connectivity index (χ3v) is 5.51. The Labute approximate surface area is 180 Å². The fourth-order valence-electron chi connectivity index (χ4n) is 3.00. The molecule has 1 heterocycles. The van der Waals surface area contributed by atoms with Crippen LogP contribution >= 0.6 is 11.8 Å². The lowest BCUT2D eigenvalue weighted by molar-refractivity contribution is 0.102. The van der Waals surface area contributed by atoms with Gasteiger partial charge in [-0.2, -0.15) is 0 Å². The Kier molecular flexibility index (Phi) is 6.99. The number of ether oxygens (including phenoxy) is 3. The second kappa shape index (κ2) is 9.67. The zero-order chi connectivity index (χ0) is 21.7. The highest BCUT2D eigenvalue weighted by atomic mass is 32.2. The molecule has 8 heteroatoms. The number of benzene rings is 2. The SMILES string of the molecule is COc1ccc(-c2nnc(SCC(=O)c3ccc(OC)c(OC)c3)n2C(C)C)cc1. The van der Waals surface area contributed by atoms with Crippen LogP contribution in [-0.2, 0) is 0 Å². The maximum Gasteiger partial charge on any atom is 0.192 e. The van der Waals surface area contributed by atoms with Crippen LogP contribution in [0.1, 0.15) is 30.2 Å². The summed E-state index contributed by atoms with van der Waals surface area (Å²) in [6, 6.07) is 13.0. The van der Waals surface area contributed by atoms with E-state index in [2.05, 4.69) is 24.0 Å². The molecule has 0 amide bonds. The van der Waals surface area contributed by atoms with Crippen molar-refractivity contribution in [2.24, 2.45) is 0 Å². The number of carbonyl (C=O) groups excluding carboxylic acids is 1. The van der Waals surface area contributed by atoms with Gasteiger partial charge < -0.3 is 14.2 Å². The van der Waals surface area contributed by atoms with Crippen LogP contribution in [0.2, 0.25) is 0 Å². The van der Waals surface area contributed by atoms with Gasteiger partial charge in [-0.3, -0.25) is 9.36 Å². The highest BCUT2D eigenvalue weighted by molar-refractivity contribution is 7.99. The summed E-state index contributed by atoms with van der Waals surface area (Å²) in [6.07, 6.45) is 0. The minimum absolute atomic E-state index is 0.0229. The second-order valence-electron chi connectivity index (χ2n) is 6.78. The van der Waals surface area contributed by atoms with Gasteiger partial charge in [-0.05, 0) is 56.3 Å². The highest BCUT2D eigenvalue weighted by Gasteiger charge is 2.19. The van der Waals surface area contributed by atoms with Gasteiger partial charge in [0.1, 0.15) is 5.75 Å². The van der Waals surface area contributed by atoms with Crippen molar-refractivity contribution in [2.75, 3.05) is 27.1 Å². The van der Waals surface area contributed by atoms with Crippen molar-refractivity contribution in [2.45, 2.75) is 25.0 Å². The summed E-state index contributed by atoms with van der Waals surface area (Å²) in [4.78, 5) is 12.7. The first-order valence-corrected chi connectivity index (χ1v) is 10.4. The lowest BCUT2D eigenvalue weighted by Crippen LogP contribution is -2.08. The summed E-state index contributed by atoms with van der Waals surface area (Å²) in [6.45, 7) is 4.13. The van der Waals surface area contributed by atoms with Gasteiger partial charge in [-0.25, -0.2) is 0 Å². The van der Waals surface area contributed by atoms with Crippen molar-refractivity contribution in [3.8, 4) is 28.6 Å². The standard InChI is InChI=1S/C22H25N3O4S/c1-14(2)25-21(15-6-9-17(27-3)10-7-15)23-24-22(25)30-13-18(26)16-8-11-19(28-4)20(12-16)29-5/h6-12,14H,13H2,1-5H3. The highest BCUT2D eigenvalue weighted by Crippen LogP contribution is 2.31.